The first-order chi connectivity index (χ1) is 10.7. The molecule has 22 heavy (non-hydrogen) atoms. The number of nitrogens with zero attached hydrogens (tertiary/aromatic N) is 3. The number of halogens is 1. The molecular formula is C15H15BrN4O2. The van der Waals surface area contributed by atoms with Gasteiger partial charge in [-0.3, -0.25) is 0 Å². The summed E-state index contributed by atoms with van der Waals surface area (Å²) in [5.74, 6) is 2.01. The highest BCUT2D eigenvalue weighted by Crippen LogP contribution is 2.19. The Labute approximate surface area is 136 Å². The molecule has 0 aliphatic rings. The largest absolute Gasteiger partial charge is 0.359 e. The van der Waals surface area contributed by atoms with Crippen LogP contribution in [0.3, 0.4) is 0 Å². The molecule has 0 aliphatic carbocycles. The van der Waals surface area contributed by atoms with Crippen molar-refractivity contribution in [2.24, 2.45) is 0 Å². The van der Waals surface area contributed by atoms with Crippen molar-refractivity contribution >= 4 is 15.9 Å². The second kappa shape index (κ2) is 6.85. The van der Waals surface area contributed by atoms with Crippen LogP contribution in [0.15, 0.2) is 50.0 Å². The zero-order valence-electron chi connectivity index (χ0n) is 12.0. The second-order valence-electron chi connectivity index (χ2n) is 4.90. The van der Waals surface area contributed by atoms with Crippen molar-refractivity contribution in [1.82, 2.24) is 20.6 Å². The lowest BCUT2D eigenvalue weighted by molar-refractivity contribution is 0.338. The molecule has 0 saturated carbocycles. The first-order valence-electron chi connectivity index (χ1n) is 6.89. The molecule has 2 aromatic heterocycles. The number of aromatic nitrogens is 3. The standard InChI is InChI=1S/C15H15BrN4O2/c1-10-18-15(22-19-10)8-13(11-5-3-2-4-6-11)17-9-12-7-14(16)20-21-12/h2-7,13,17H,8-9H2,1H3. The van der Waals surface area contributed by atoms with Gasteiger partial charge in [-0.25, -0.2) is 0 Å². The van der Waals surface area contributed by atoms with Crippen LogP contribution in [-0.2, 0) is 13.0 Å². The van der Waals surface area contributed by atoms with Crippen molar-refractivity contribution in [2.75, 3.05) is 0 Å². The third-order valence-corrected chi connectivity index (χ3v) is 3.58. The summed E-state index contributed by atoms with van der Waals surface area (Å²) in [5.41, 5.74) is 1.15. The maximum absolute atomic E-state index is 5.23. The van der Waals surface area contributed by atoms with Gasteiger partial charge in [-0.1, -0.05) is 40.6 Å². The van der Waals surface area contributed by atoms with Gasteiger partial charge in [-0.05, 0) is 28.4 Å². The van der Waals surface area contributed by atoms with E-state index in [2.05, 4.69) is 48.7 Å². The van der Waals surface area contributed by atoms with Crippen LogP contribution in [-0.4, -0.2) is 15.3 Å². The molecule has 0 radical (unpaired) electrons. The zero-order chi connectivity index (χ0) is 15.4. The quantitative estimate of drug-likeness (QED) is 0.725. The Kier molecular flexibility index (Phi) is 4.65. The molecule has 1 unspecified atom stereocenters. The van der Waals surface area contributed by atoms with Crippen LogP contribution in [0.4, 0.5) is 0 Å². The van der Waals surface area contributed by atoms with E-state index in [0.717, 1.165) is 11.3 Å². The van der Waals surface area contributed by atoms with E-state index in [1.54, 1.807) is 0 Å². The molecule has 0 spiro atoms. The van der Waals surface area contributed by atoms with Crippen LogP contribution in [0.25, 0.3) is 0 Å². The van der Waals surface area contributed by atoms with Crippen molar-refractivity contribution in [3.63, 3.8) is 0 Å². The van der Waals surface area contributed by atoms with Crippen molar-refractivity contribution in [3.8, 4) is 0 Å². The Morgan fingerprint density at radius 2 is 2.00 bits per heavy atom. The summed E-state index contributed by atoms with van der Waals surface area (Å²) in [6.07, 6.45) is 0.611. The normalized spacial score (nSPS) is 12.5. The zero-order valence-corrected chi connectivity index (χ0v) is 13.6. The van der Waals surface area contributed by atoms with Crippen molar-refractivity contribution in [2.45, 2.75) is 25.9 Å². The molecule has 0 amide bonds. The first-order valence-corrected chi connectivity index (χ1v) is 7.68. The van der Waals surface area contributed by atoms with Crippen molar-refractivity contribution in [3.05, 3.63) is 64.0 Å². The smallest absolute Gasteiger partial charge is 0.228 e. The van der Waals surface area contributed by atoms with Crippen LogP contribution < -0.4 is 5.32 Å². The van der Waals surface area contributed by atoms with Crippen molar-refractivity contribution < 1.29 is 9.05 Å². The van der Waals surface area contributed by atoms with Gasteiger partial charge in [0.1, 0.15) is 4.60 Å². The minimum absolute atomic E-state index is 0.0462. The SMILES string of the molecule is Cc1noc(CC(NCc2cc(Br)no2)c2ccccc2)n1. The van der Waals surface area contributed by atoms with Gasteiger partial charge in [-0.2, -0.15) is 4.98 Å². The summed E-state index contributed by atoms with van der Waals surface area (Å²) in [4.78, 5) is 4.27. The molecule has 0 fully saturated rings. The lowest BCUT2D eigenvalue weighted by Crippen LogP contribution is -2.23. The Morgan fingerprint density at radius 3 is 2.64 bits per heavy atom. The number of aryl methyl sites for hydroxylation is 1. The molecule has 3 aromatic rings. The molecule has 3 rings (SSSR count). The fraction of sp³-hybridized carbons (Fsp3) is 0.267. The molecule has 114 valence electrons. The molecule has 0 saturated heterocycles. The maximum Gasteiger partial charge on any atom is 0.228 e. The highest BCUT2D eigenvalue weighted by atomic mass is 79.9. The van der Waals surface area contributed by atoms with E-state index in [-0.39, 0.29) is 6.04 Å². The lowest BCUT2D eigenvalue weighted by Gasteiger charge is -2.16. The third kappa shape index (κ3) is 3.80. The van der Waals surface area contributed by atoms with E-state index in [0.29, 0.717) is 29.3 Å². The van der Waals surface area contributed by atoms with Gasteiger partial charge >= 0.3 is 0 Å². The summed E-state index contributed by atoms with van der Waals surface area (Å²) in [7, 11) is 0. The fourth-order valence-electron chi connectivity index (χ4n) is 2.19. The highest BCUT2D eigenvalue weighted by molar-refractivity contribution is 9.10. The number of nitrogens with one attached hydrogen (secondary N) is 1. The molecule has 7 heteroatoms. The molecule has 1 N–H and O–H groups in total. The summed E-state index contributed by atoms with van der Waals surface area (Å²) < 4.78 is 11.1. The Morgan fingerprint density at radius 1 is 1.18 bits per heavy atom. The van der Waals surface area contributed by atoms with Gasteiger partial charge in [0, 0.05) is 18.5 Å². The van der Waals surface area contributed by atoms with Gasteiger partial charge in [0.05, 0.1) is 6.54 Å². The Bertz CT molecular complexity index is 726. The van der Waals surface area contributed by atoms with Crippen LogP contribution in [0.1, 0.15) is 29.1 Å². The molecular weight excluding hydrogens is 348 g/mol. The van der Waals surface area contributed by atoms with E-state index in [4.69, 9.17) is 9.05 Å². The summed E-state index contributed by atoms with van der Waals surface area (Å²) >= 11 is 3.27. The maximum atomic E-state index is 5.23. The minimum atomic E-state index is 0.0462. The Balaban J connectivity index is 1.73. The molecule has 0 bridgehead atoms. The highest BCUT2D eigenvalue weighted by Gasteiger charge is 2.16. The van der Waals surface area contributed by atoms with Gasteiger partial charge in [0.2, 0.25) is 5.89 Å². The number of hydrogen-bond donors (Lipinski definition) is 1. The average Bonchev–Trinajstić information content (AvgIpc) is 3.13. The topological polar surface area (TPSA) is 77.0 Å². The van der Waals surface area contributed by atoms with E-state index in [9.17, 15) is 0 Å². The van der Waals surface area contributed by atoms with Gasteiger partial charge in [0.15, 0.2) is 11.6 Å². The molecule has 6 nitrogen and oxygen atoms in total. The number of rotatable bonds is 6. The lowest BCUT2D eigenvalue weighted by atomic mass is 10.0. The second-order valence-corrected chi connectivity index (χ2v) is 5.71. The van der Waals surface area contributed by atoms with Crippen LogP contribution in [0.5, 0.6) is 0 Å². The summed E-state index contributed by atoms with van der Waals surface area (Å²) in [6.45, 7) is 2.37. The van der Waals surface area contributed by atoms with Crippen LogP contribution in [0.2, 0.25) is 0 Å². The van der Waals surface area contributed by atoms with E-state index >= 15 is 0 Å². The minimum Gasteiger partial charge on any atom is -0.359 e. The number of hydrogen-bond acceptors (Lipinski definition) is 6. The summed E-state index contributed by atoms with van der Waals surface area (Å²) in [5, 5.41) is 11.1. The Hall–Kier alpha value is -1.99. The first kappa shape index (κ1) is 14.9. The van der Waals surface area contributed by atoms with E-state index in [1.807, 2.05) is 31.2 Å². The van der Waals surface area contributed by atoms with Crippen molar-refractivity contribution in [1.29, 1.82) is 0 Å². The van der Waals surface area contributed by atoms with Crippen LogP contribution >= 0.6 is 15.9 Å². The van der Waals surface area contributed by atoms with Crippen LogP contribution in [0, 0.1) is 6.92 Å². The molecule has 2 heterocycles. The fourth-order valence-corrected chi connectivity index (χ4v) is 2.51. The van der Waals surface area contributed by atoms with Gasteiger partial charge in [-0.15, -0.1) is 0 Å². The molecule has 0 aliphatic heterocycles. The summed E-state index contributed by atoms with van der Waals surface area (Å²) in [6, 6.07) is 12.0. The third-order valence-electron chi connectivity index (χ3n) is 3.20. The van der Waals surface area contributed by atoms with Gasteiger partial charge < -0.3 is 14.4 Å². The van der Waals surface area contributed by atoms with E-state index in [1.165, 1.54) is 0 Å². The predicted molar refractivity (Wildman–Crippen MR) is 83.0 cm³/mol. The average molecular weight is 363 g/mol. The van der Waals surface area contributed by atoms with Gasteiger partial charge in [0.25, 0.3) is 0 Å². The number of benzene rings is 1. The molecule has 1 atom stereocenters. The monoisotopic (exact) mass is 362 g/mol. The van der Waals surface area contributed by atoms with E-state index < -0.39 is 0 Å². The predicted octanol–water partition coefficient (Wildman–Crippen LogP) is 3.20. The molecule has 1 aromatic carbocycles.